The van der Waals surface area contributed by atoms with E-state index in [1.165, 1.54) is 0 Å². The van der Waals surface area contributed by atoms with Crippen molar-refractivity contribution in [3.63, 3.8) is 0 Å². The van der Waals surface area contributed by atoms with Gasteiger partial charge in [-0.3, -0.25) is 4.68 Å². The van der Waals surface area contributed by atoms with Gasteiger partial charge in [-0.2, -0.15) is 5.10 Å². The molecule has 2 aromatic heterocycles. The summed E-state index contributed by atoms with van der Waals surface area (Å²) in [5.74, 6) is 2.43. The molecule has 4 aromatic rings. The molecule has 0 aliphatic carbocycles. The van der Waals surface area contributed by atoms with Crippen molar-refractivity contribution in [1.82, 2.24) is 9.78 Å². The maximum Gasteiger partial charge on any atom is 0.151 e. The van der Waals surface area contributed by atoms with Crippen LogP contribution in [0.5, 0.6) is 11.5 Å². The highest BCUT2D eigenvalue weighted by Gasteiger charge is 2.11. The molecular formula is C20H16N2O2. The number of aryl methyl sites for hydroxylation is 1. The molecule has 24 heavy (non-hydrogen) atoms. The van der Waals surface area contributed by atoms with E-state index in [4.69, 9.17) is 9.15 Å². The number of ether oxygens (including phenoxy) is 1. The summed E-state index contributed by atoms with van der Waals surface area (Å²) >= 11 is 0. The highest BCUT2D eigenvalue weighted by molar-refractivity contribution is 5.66. The molecule has 0 atom stereocenters. The second-order valence-corrected chi connectivity index (χ2v) is 5.46. The van der Waals surface area contributed by atoms with Gasteiger partial charge in [-0.05, 0) is 54.6 Å². The van der Waals surface area contributed by atoms with E-state index in [1.54, 1.807) is 6.26 Å². The van der Waals surface area contributed by atoms with Gasteiger partial charge in [-0.15, -0.1) is 0 Å². The van der Waals surface area contributed by atoms with Crippen molar-refractivity contribution >= 4 is 0 Å². The summed E-state index contributed by atoms with van der Waals surface area (Å²) in [6, 6.07) is 23.5. The van der Waals surface area contributed by atoms with Crippen molar-refractivity contribution in [2.75, 3.05) is 0 Å². The highest BCUT2D eigenvalue weighted by Crippen LogP contribution is 2.28. The lowest BCUT2D eigenvalue weighted by atomic mass is 10.1. The zero-order chi connectivity index (χ0) is 16.4. The quantitative estimate of drug-likeness (QED) is 0.523. The summed E-state index contributed by atoms with van der Waals surface area (Å²) in [4.78, 5) is 0. The van der Waals surface area contributed by atoms with Gasteiger partial charge >= 0.3 is 0 Å². The molecule has 2 heterocycles. The molecule has 0 bridgehead atoms. The average molecular weight is 316 g/mol. The number of nitrogens with zero attached hydrogens (tertiary/aromatic N) is 2. The lowest BCUT2D eigenvalue weighted by molar-refractivity contribution is 0.483. The topological polar surface area (TPSA) is 40.2 Å². The molecule has 4 rings (SSSR count). The van der Waals surface area contributed by atoms with Crippen LogP contribution in [-0.2, 0) is 7.05 Å². The van der Waals surface area contributed by atoms with Crippen molar-refractivity contribution in [3.8, 4) is 34.2 Å². The fourth-order valence-electron chi connectivity index (χ4n) is 2.58. The molecule has 0 amide bonds. The highest BCUT2D eigenvalue weighted by atomic mass is 16.5. The first-order chi connectivity index (χ1) is 11.8. The van der Waals surface area contributed by atoms with Crippen LogP contribution in [0.4, 0.5) is 0 Å². The Morgan fingerprint density at radius 1 is 0.875 bits per heavy atom. The van der Waals surface area contributed by atoms with Crippen molar-refractivity contribution in [3.05, 3.63) is 79.1 Å². The van der Waals surface area contributed by atoms with Crippen molar-refractivity contribution in [1.29, 1.82) is 0 Å². The van der Waals surface area contributed by atoms with E-state index >= 15 is 0 Å². The van der Waals surface area contributed by atoms with Crippen LogP contribution in [0.15, 0.2) is 83.5 Å². The molecular weight excluding hydrogens is 300 g/mol. The fraction of sp³-hybridized carbons (Fsp3) is 0.0500. The molecule has 0 saturated carbocycles. The molecule has 0 radical (unpaired) electrons. The lowest BCUT2D eigenvalue weighted by Gasteiger charge is -2.05. The first-order valence-electron chi connectivity index (χ1n) is 7.71. The van der Waals surface area contributed by atoms with Crippen molar-refractivity contribution in [2.45, 2.75) is 0 Å². The van der Waals surface area contributed by atoms with E-state index in [1.807, 2.05) is 84.5 Å². The number of benzene rings is 2. The standard InChI is InChI=1S/C20H16N2O2/c1-22-19(20-8-5-13-23-20)14-18(21-22)15-9-11-17(12-10-15)24-16-6-3-2-4-7-16/h2-14H,1H3. The van der Waals surface area contributed by atoms with Gasteiger partial charge in [0.25, 0.3) is 0 Å². The second-order valence-electron chi connectivity index (χ2n) is 5.46. The van der Waals surface area contributed by atoms with Crippen LogP contribution in [-0.4, -0.2) is 9.78 Å². The summed E-state index contributed by atoms with van der Waals surface area (Å²) in [5, 5.41) is 4.57. The summed E-state index contributed by atoms with van der Waals surface area (Å²) in [6.45, 7) is 0. The minimum absolute atomic E-state index is 0.798. The minimum atomic E-state index is 0.798. The van der Waals surface area contributed by atoms with E-state index in [-0.39, 0.29) is 0 Å². The van der Waals surface area contributed by atoms with E-state index < -0.39 is 0 Å². The summed E-state index contributed by atoms with van der Waals surface area (Å²) in [5.41, 5.74) is 2.87. The Balaban J connectivity index is 1.58. The Bertz CT molecular complexity index is 924. The Labute approximate surface area is 139 Å². The largest absolute Gasteiger partial charge is 0.463 e. The van der Waals surface area contributed by atoms with Gasteiger partial charge in [0, 0.05) is 12.6 Å². The Morgan fingerprint density at radius 2 is 1.62 bits per heavy atom. The molecule has 4 nitrogen and oxygen atoms in total. The molecule has 0 aliphatic rings. The maximum absolute atomic E-state index is 5.82. The number of hydrogen-bond acceptors (Lipinski definition) is 3. The molecule has 0 unspecified atom stereocenters. The van der Waals surface area contributed by atoms with Crippen LogP contribution in [0.3, 0.4) is 0 Å². The Morgan fingerprint density at radius 3 is 2.33 bits per heavy atom. The predicted octanol–water partition coefficient (Wildman–Crippen LogP) is 5.14. The minimum Gasteiger partial charge on any atom is -0.463 e. The van der Waals surface area contributed by atoms with Gasteiger partial charge < -0.3 is 9.15 Å². The summed E-state index contributed by atoms with van der Waals surface area (Å²) < 4.78 is 13.1. The van der Waals surface area contributed by atoms with Crippen LogP contribution in [0.1, 0.15) is 0 Å². The summed E-state index contributed by atoms with van der Waals surface area (Å²) in [6.07, 6.45) is 1.66. The first kappa shape index (κ1) is 14.3. The van der Waals surface area contributed by atoms with Crippen LogP contribution in [0.2, 0.25) is 0 Å². The number of hydrogen-bond donors (Lipinski definition) is 0. The number of para-hydroxylation sites is 1. The van der Waals surface area contributed by atoms with Gasteiger partial charge in [-0.25, -0.2) is 0 Å². The molecule has 0 fully saturated rings. The predicted molar refractivity (Wildman–Crippen MR) is 92.9 cm³/mol. The monoisotopic (exact) mass is 316 g/mol. The zero-order valence-electron chi connectivity index (χ0n) is 13.2. The molecule has 0 spiro atoms. The Kier molecular flexibility index (Phi) is 3.63. The third kappa shape index (κ3) is 2.82. The summed E-state index contributed by atoms with van der Waals surface area (Å²) in [7, 11) is 1.91. The SMILES string of the molecule is Cn1nc(-c2ccc(Oc3ccccc3)cc2)cc1-c1ccco1. The van der Waals surface area contributed by atoms with Gasteiger partial charge in [-0.1, -0.05) is 18.2 Å². The second kappa shape index (κ2) is 6.08. The molecule has 4 heteroatoms. The van der Waals surface area contributed by atoms with Crippen LogP contribution < -0.4 is 4.74 Å². The van der Waals surface area contributed by atoms with Crippen LogP contribution in [0, 0.1) is 0 Å². The van der Waals surface area contributed by atoms with Gasteiger partial charge in [0.1, 0.15) is 17.2 Å². The van der Waals surface area contributed by atoms with Crippen molar-refractivity contribution < 1.29 is 9.15 Å². The van der Waals surface area contributed by atoms with E-state index in [0.29, 0.717) is 0 Å². The van der Waals surface area contributed by atoms with Gasteiger partial charge in [0.2, 0.25) is 0 Å². The van der Waals surface area contributed by atoms with E-state index in [9.17, 15) is 0 Å². The molecule has 0 saturated heterocycles. The first-order valence-corrected chi connectivity index (χ1v) is 7.71. The Hall–Kier alpha value is -3.27. The molecule has 0 aliphatic heterocycles. The number of furan rings is 1. The van der Waals surface area contributed by atoms with E-state index in [2.05, 4.69) is 5.10 Å². The third-order valence-electron chi connectivity index (χ3n) is 3.78. The number of rotatable bonds is 4. The van der Waals surface area contributed by atoms with Gasteiger partial charge in [0.05, 0.1) is 12.0 Å². The maximum atomic E-state index is 5.82. The smallest absolute Gasteiger partial charge is 0.151 e. The number of aromatic nitrogens is 2. The molecule has 2 aromatic carbocycles. The van der Waals surface area contributed by atoms with Crippen LogP contribution >= 0.6 is 0 Å². The molecule has 118 valence electrons. The fourth-order valence-corrected chi connectivity index (χ4v) is 2.58. The third-order valence-corrected chi connectivity index (χ3v) is 3.78. The van der Waals surface area contributed by atoms with Gasteiger partial charge in [0.15, 0.2) is 5.76 Å². The average Bonchev–Trinajstić information content (AvgIpc) is 3.26. The zero-order valence-corrected chi connectivity index (χ0v) is 13.2. The van der Waals surface area contributed by atoms with Crippen LogP contribution in [0.25, 0.3) is 22.7 Å². The van der Waals surface area contributed by atoms with E-state index in [0.717, 1.165) is 34.2 Å². The molecule has 0 N–H and O–H groups in total. The van der Waals surface area contributed by atoms with Crippen molar-refractivity contribution in [2.24, 2.45) is 7.05 Å². The lowest BCUT2D eigenvalue weighted by Crippen LogP contribution is -1.92. The normalized spacial score (nSPS) is 10.7.